The van der Waals surface area contributed by atoms with E-state index < -0.39 is 5.60 Å². The molecule has 1 aliphatic carbocycles. The van der Waals surface area contributed by atoms with E-state index in [9.17, 15) is 4.79 Å². The van der Waals surface area contributed by atoms with Gasteiger partial charge in [0.15, 0.2) is 0 Å². The molecule has 0 radical (unpaired) electrons. The summed E-state index contributed by atoms with van der Waals surface area (Å²) in [6, 6.07) is 17.3. The Morgan fingerprint density at radius 2 is 1.85 bits per heavy atom. The zero-order valence-corrected chi connectivity index (χ0v) is 24.9. The lowest BCUT2D eigenvalue weighted by Gasteiger charge is -2.40. The van der Waals surface area contributed by atoms with Gasteiger partial charge in [-0.3, -0.25) is 4.90 Å². The summed E-state index contributed by atoms with van der Waals surface area (Å²) in [7, 11) is 0. The lowest BCUT2D eigenvalue weighted by atomic mass is 9.72. The number of carbonyl (C=O) groups is 1. The molecular formula is C34H43N5O2. The van der Waals surface area contributed by atoms with E-state index in [1.165, 1.54) is 33.6 Å². The molecule has 7 heteroatoms. The normalized spacial score (nSPS) is 19.7. The first kappa shape index (κ1) is 27.7. The number of hydrogen-bond acceptors (Lipinski definition) is 6. The van der Waals surface area contributed by atoms with Crippen molar-refractivity contribution in [1.29, 1.82) is 0 Å². The van der Waals surface area contributed by atoms with Crippen molar-refractivity contribution < 1.29 is 9.53 Å². The maximum atomic E-state index is 12.6. The summed E-state index contributed by atoms with van der Waals surface area (Å²) in [5.74, 6) is 1.59. The van der Waals surface area contributed by atoms with Gasteiger partial charge in [0.05, 0.1) is 0 Å². The lowest BCUT2D eigenvalue weighted by molar-refractivity contribution is 0.0523. The summed E-state index contributed by atoms with van der Waals surface area (Å²) < 4.78 is 5.57. The maximum absolute atomic E-state index is 12.6. The highest BCUT2D eigenvalue weighted by molar-refractivity contribution is 5.76. The molecule has 2 aromatic carbocycles. The van der Waals surface area contributed by atoms with Crippen LogP contribution in [0, 0.1) is 0 Å². The average Bonchev–Trinajstić information content (AvgIpc) is 3.53. The second kappa shape index (κ2) is 11.1. The fraction of sp³-hybridized carbons (Fsp3) is 0.500. The Labute approximate surface area is 244 Å². The molecule has 1 amide bonds. The first-order chi connectivity index (χ1) is 19.8. The first-order valence-corrected chi connectivity index (χ1v) is 15.2. The molecule has 0 saturated carbocycles. The number of nitrogens with zero attached hydrogens (tertiary/aromatic N) is 4. The highest BCUT2D eigenvalue weighted by atomic mass is 16.6. The number of ether oxygens (including phenoxy) is 1. The molecule has 41 heavy (non-hydrogen) atoms. The molecule has 3 heterocycles. The van der Waals surface area contributed by atoms with Crippen molar-refractivity contribution in [2.45, 2.75) is 89.8 Å². The van der Waals surface area contributed by atoms with Crippen molar-refractivity contribution in [3.63, 3.8) is 0 Å². The van der Waals surface area contributed by atoms with Gasteiger partial charge < -0.3 is 15.0 Å². The quantitative estimate of drug-likeness (QED) is 0.370. The highest BCUT2D eigenvalue weighted by Crippen LogP contribution is 2.53. The third kappa shape index (κ3) is 5.56. The summed E-state index contributed by atoms with van der Waals surface area (Å²) in [4.78, 5) is 27.3. The molecule has 3 aliphatic rings. The van der Waals surface area contributed by atoms with Crippen LogP contribution in [0.5, 0.6) is 0 Å². The zero-order valence-electron chi connectivity index (χ0n) is 24.9. The number of anilines is 2. The van der Waals surface area contributed by atoms with E-state index in [4.69, 9.17) is 9.72 Å². The number of rotatable bonds is 6. The van der Waals surface area contributed by atoms with Crippen LogP contribution >= 0.6 is 0 Å². The van der Waals surface area contributed by atoms with Gasteiger partial charge in [0.2, 0.25) is 0 Å². The minimum Gasteiger partial charge on any atom is -0.444 e. The van der Waals surface area contributed by atoms with Gasteiger partial charge in [-0.2, -0.15) is 0 Å². The third-order valence-corrected chi connectivity index (χ3v) is 9.13. The van der Waals surface area contributed by atoms with Crippen molar-refractivity contribution in [2.75, 3.05) is 24.5 Å². The van der Waals surface area contributed by atoms with Gasteiger partial charge >= 0.3 is 6.09 Å². The molecule has 1 N–H and O–H groups in total. The number of fused-ring (bicyclic) bond motifs is 3. The number of likely N-dealkylation sites (tertiary alicyclic amines) is 1. The Balaban J connectivity index is 1.33. The second-order valence-corrected chi connectivity index (χ2v) is 13.0. The van der Waals surface area contributed by atoms with Crippen molar-refractivity contribution in [1.82, 2.24) is 20.2 Å². The van der Waals surface area contributed by atoms with Crippen molar-refractivity contribution >= 4 is 17.6 Å². The second-order valence-electron chi connectivity index (χ2n) is 13.0. The van der Waals surface area contributed by atoms with Crippen LogP contribution in [0.15, 0.2) is 54.9 Å². The van der Waals surface area contributed by atoms with E-state index in [0.29, 0.717) is 12.5 Å². The summed E-state index contributed by atoms with van der Waals surface area (Å²) in [5.41, 5.74) is 7.15. The molecule has 1 atom stereocenters. The van der Waals surface area contributed by atoms with Crippen LogP contribution in [-0.2, 0) is 29.7 Å². The fourth-order valence-corrected chi connectivity index (χ4v) is 7.21. The molecule has 1 saturated heterocycles. The van der Waals surface area contributed by atoms with Gasteiger partial charge in [-0.1, -0.05) is 49.4 Å². The first-order valence-electron chi connectivity index (χ1n) is 15.2. The van der Waals surface area contributed by atoms with Gasteiger partial charge in [-0.05, 0) is 94.6 Å². The molecule has 1 spiro atoms. The Kier molecular flexibility index (Phi) is 7.49. The standard InChI is InChI=1S/C34H43N5O2/c1-5-25-14-15-27-29(25)31(37-23-36-27)39-22-34(16-18-38(19-17-34)21-24-10-7-6-8-11-24)30-26(12-9-13-28(30)39)20-35-32(40)41-33(2,3)4/h6-13,23,25H,5,14-22H2,1-4H3,(H,35,40). The number of nitrogens with one attached hydrogen (secondary N) is 1. The van der Waals surface area contributed by atoms with Crippen LogP contribution in [0.2, 0.25) is 0 Å². The maximum Gasteiger partial charge on any atom is 0.407 e. The minimum absolute atomic E-state index is 0.00707. The number of benzene rings is 2. The van der Waals surface area contributed by atoms with Gasteiger partial charge in [-0.15, -0.1) is 0 Å². The molecule has 216 valence electrons. The van der Waals surface area contributed by atoms with Gasteiger partial charge in [0.25, 0.3) is 0 Å². The fourth-order valence-electron chi connectivity index (χ4n) is 7.21. The van der Waals surface area contributed by atoms with E-state index in [0.717, 1.165) is 64.1 Å². The van der Waals surface area contributed by atoms with Crippen molar-refractivity contribution in [3.8, 4) is 0 Å². The molecule has 6 rings (SSSR count). The Bertz CT molecular complexity index is 1390. The summed E-state index contributed by atoms with van der Waals surface area (Å²) in [5, 5.41) is 3.05. The van der Waals surface area contributed by atoms with E-state index in [2.05, 4.69) is 75.6 Å². The Hall–Kier alpha value is -3.45. The molecule has 2 aliphatic heterocycles. The molecule has 1 fully saturated rings. The number of carbonyl (C=O) groups excluding carboxylic acids is 1. The molecule has 0 bridgehead atoms. The average molecular weight is 554 g/mol. The minimum atomic E-state index is -0.532. The van der Waals surface area contributed by atoms with Crippen LogP contribution in [0.25, 0.3) is 0 Å². The topological polar surface area (TPSA) is 70.6 Å². The van der Waals surface area contributed by atoms with E-state index in [-0.39, 0.29) is 11.5 Å². The largest absolute Gasteiger partial charge is 0.444 e. The number of aryl methyl sites for hydroxylation is 1. The smallest absolute Gasteiger partial charge is 0.407 e. The molecule has 7 nitrogen and oxygen atoms in total. The predicted octanol–water partition coefficient (Wildman–Crippen LogP) is 6.63. The van der Waals surface area contributed by atoms with E-state index in [1.807, 2.05) is 20.8 Å². The predicted molar refractivity (Wildman–Crippen MR) is 163 cm³/mol. The van der Waals surface area contributed by atoms with E-state index >= 15 is 0 Å². The van der Waals surface area contributed by atoms with Crippen LogP contribution in [0.4, 0.5) is 16.3 Å². The summed E-state index contributed by atoms with van der Waals surface area (Å²) in [6.45, 7) is 12.4. The van der Waals surface area contributed by atoms with Crippen LogP contribution in [0.1, 0.15) is 87.2 Å². The summed E-state index contributed by atoms with van der Waals surface area (Å²) >= 11 is 0. The van der Waals surface area contributed by atoms with E-state index in [1.54, 1.807) is 6.33 Å². The van der Waals surface area contributed by atoms with Crippen molar-refractivity contribution in [3.05, 3.63) is 82.8 Å². The van der Waals surface area contributed by atoms with Crippen LogP contribution < -0.4 is 10.2 Å². The Morgan fingerprint density at radius 3 is 2.59 bits per heavy atom. The summed E-state index contributed by atoms with van der Waals surface area (Å²) in [6.07, 6.45) is 6.80. The van der Waals surface area contributed by atoms with Crippen molar-refractivity contribution in [2.24, 2.45) is 0 Å². The van der Waals surface area contributed by atoms with Crippen LogP contribution in [0.3, 0.4) is 0 Å². The molecule has 1 aromatic heterocycles. The molecule has 3 aromatic rings. The highest BCUT2D eigenvalue weighted by Gasteiger charge is 2.47. The SMILES string of the molecule is CCC1CCc2ncnc(N3CC4(CCN(Cc5ccccc5)CC4)c4c(CNC(=O)OC(C)(C)C)cccc43)c21. The van der Waals surface area contributed by atoms with Gasteiger partial charge in [0.1, 0.15) is 17.7 Å². The Morgan fingerprint density at radius 1 is 1.07 bits per heavy atom. The van der Waals surface area contributed by atoms with Crippen LogP contribution in [-0.4, -0.2) is 46.2 Å². The number of piperidine rings is 1. The third-order valence-electron chi connectivity index (χ3n) is 9.13. The lowest BCUT2D eigenvalue weighted by Crippen LogP contribution is -2.45. The zero-order chi connectivity index (χ0) is 28.6. The van der Waals surface area contributed by atoms with Gasteiger partial charge in [-0.25, -0.2) is 14.8 Å². The molecule has 1 unspecified atom stereocenters. The number of aromatic nitrogens is 2. The monoisotopic (exact) mass is 553 g/mol. The van der Waals surface area contributed by atoms with Gasteiger partial charge in [0, 0.05) is 42.0 Å². The molecular weight excluding hydrogens is 510 g/mol. The number of amides is 1. The number of hydrogen-bond donors (Lipinski definition) is 1. The number of alkyl carbamates (subject to hydrolysis) is 1.